The van der Waals surface area contributed by atoms with Crippen LogP contribution in [0.2, 0.25) is 0 Å². The average Bonchev–Trinajstić information content (AvgIpc) is 2.82. The van der Waals surface area contributed by atoms with Gasteiger partial charge in [-0.15, -0.1) is 0 Å². The van der Waals surface area contributed by atoms with Crippen LogP contribution in [0, 0.1) is 0 Å². The van der Waals surface area contributed by atoms with Crippen LogP contribution < -0.4 is 0 Å². The Morgan fingerprint density at radius 2 is 1.68 bits per heavy atom. The van der Waals surface area contributed by atoms with Crippen LogP contribution in [0.4, 0.5) is 0 Å². The summed E-state index contributed by atoms with van der Waals surface area (Å²) in [6.07, 6.45) is 0. The van der Waals surface area contributed by atoms with E-state index in [1.54, 1.807) is 6.07 Å². The van der Waals surface area contributed by atoms with Crippen molar-refractivity contribution in [1.29, 1.82) is 0 Å². The van der Waals surface area contributed by atoms with Crippen molar-refractivity contribution in [2.24, 2.45) is 0 Å². The number of aromatic nitrogens is 1. The third kappa shape index (κ3) is 2.27. The number of rotatable bonds is 2. The lowest BCUT2D eigenvalue weighted by Crippen LogP contribution is -1.94. The Labute approximate surface area is 118 Å². The summed E-state index contributed by atoms with van der Waals surface area (Å²) in [7, 11) is 0. The Morgan fingerprint density at radius 3 is 2.37 bits per heavy atom. The molecule has 3 rings (SSSR count). The number of benzene rings is 2. The highest BCUT2D eigenvalue weighted by atomic mass is 79.9. The van der Waals surface area contributed by atoms with Crippen LogP contribution in [0.5, 0.6) is 0 Å². The number of nitrogens with one attached hydrogen (secondary N) is 1. The molecule has 0 unspecified atom stereocenters. The Bertz CT molecular complexity index is 759. The number of halogens is 1. The van der Waals surface area contributed by atoms with Crippen molar-refractivity contribution in [2.75, 3.05) is 0 Å². The second-order valence-electron chi connectivity index (χ2n) is 4.30. The maximum absolute atomic E-state index is 10.9. The van der Waals surface area contributed by atoms with Gasteiger partial charge in [0.25, 0.3) is 0 Å². The molecule has 1 aromatic heterocycles. The van der Waals surface area contributed by atoms with Crippen molar-refractivity contribution in [3.8, 4) is 11.1 Å². The molecule has 0 radical (unpaired) electrons. The van der Waals surface area contributed by atoms with E-state index in [4.69, 9.17) is 5.11 Å². The lowest BCUT2D eigenvalue weighted by molar-refractivity contribution is 0.0691. The maximum Gasteiger partial charge on any atom is 0.352 e. The molecule has 0 aliphatic heterocycles. The van der Waals surface area contributed by atoms with E-state index in [2.05, 4.69) is 20.9 Å². The smallest absolute Gasteiger partial charge is 0.352 e. The molecule has 0 atom stereocenters. The van der Waals surface area contributed by atoms with Crippen molar-refractivity contribution < 1.29 is 9.90 Å². The predicted molar refractivity (Wildman–Crippen MR) is 78.4 cm³/mol. The molecule has 2 aromatic carbocycles. The summed E-state index contributed by atoms with van der Waals surface area (Å²) >= 11 is 3.41. The van der Waals surface area contributed by atoms with Gasteiger partial charge in [-0.25, -0.2) is 4.79 Å². The maximum atomic E-state index is 10.9. The van der Waals surface area contributed by atoms with E-state index < -0.39 is 5.97 Å². The molecular formula is C15H10BrNO2. The first-order valence-corrected chi connectivity index (χ1v) is 6.55. The number of aromatic carboxylic acids is 1. The van der Waals surface area contributed by atoms with E-state index in [-0.39, 0.29) is 5.69 Å². The Kier molecular flexibility index (Phi) is 2.87. The Morgan fingerprint density at radius 1 is 1.00 bits per heavy atom. The van der Waals surface area contributed by atoms with Crippen molar-refractivity contribution in [3.05, 3.63) is 58.7 Å². The molecule has 1 heterocycles. The molecule has 0 aliphatic rings. The van der Waals surface area contributed by atoms with Crippen LogP contribution in [0.3, 0.4) is 0 Å². The summed E-state index contributed by atoms with van der Waals surface area (Å²) < 4.78 is 1.03. The van der Waals surface area contributed by atoms with Crippen LogP contribution in [-0.2, 0) is 0 Å². The van der Waals surface area contributed by atoms with Gasteiger partial charge in [0.15, 0.2) is 0 Å². The first kappa shape index (κ1) is 12.0. The largest absolute Gasteiger partial charge is 0.477 e. The Hall–Kier alpha value is -2.07. The number of fused-ring (bicyclic) bond motifs is 1. The molecule has 19 heavy (non-hydrogen) atoms. The van der Waals surface area contributed by atoms with E-state index in [9.17, 15) is 4.79 Å². The molecule has 4 heteroatoms. The zero-order chi connectivity index (χ0) is 13.4. The van der Waals surface area contributed by atoms with Gasteiger partial charge in [-0.2, -0.15) is 0 Å². The van der Waals surface area contributed by atoms with Crippen molar-refractivity contribution >= 4 is 32.8 Å². The van der Waals surface area contributed by atoms with Crippen LogP contribution in [0.1, 0.15) is 10.5 Å². The van der Waals surface area contributed by atoms with Crippen LogP contribution >= 0.6 is 15.9 Å². The monoisotopic (exact) mass is 315 g/mol. The van der Waals surface area contributed by atoms with Gasteiger partial charge in [-0.05, 0) is 41.5 Å². The molecule has 0 spiro atoms. The molecular weight excluding hydrogens is 306 g/mol. The molecule has 0 bridgehead atoms. The number of hydrogen-bond acceptors (Lipinski definition) is 1. The van der Waals surface area contributed by atoms with E-state index >= 15 is 0 Å². The van der Waals surface area contributed by atoms with E-state index in [0.29, 0.717) is 0 Å². The molecule has 3 nitrogen and oxygen atoms in total. The zero-order valence-corrected chi connectivity index (χ0v) is 11.4. The summed E-state index contributed by atoms with van der Waals surface area (Å²) in [5.41, 5.74) is 3.21. The highest BCUT2D eigenvalue weighted by Gasteiger charge is 2.08. The van der Waals surface area contributed by atoms with Crippen molar-refractivity contribution in [3.63, 3.8) is 0 Å². The van der Waals surface area contributed by atoms with Gasteiger partial charge in [-0.3, -0.25) is 0 Å². The molecule has 3 aromatic rings. The summed E-state index contributed by atoms with van der Waals surface area (Å²) in [6.45, 7) is 0. The van der Waals surface area contributed by atoms with Gasteiger partial charge in [-0.1, -0.05) is 34.1 Å². The molecule has 94 valence electrons. The molecule has 2 N–H and O–H groups in total. The Balaban J connectivity index is 2.10. The highest BCUT2D eigenvalue weighted by Crippen LogP contribution is 2.26. The average molecular weight is 316 g/mol. The SMILES string of the molecule is O=C(O)c1cc2cc(-c3ccc(Br)cc3)ccc2[nH]1. The minimum absolute atomic E-state index is 0.211. The number of aromatic amines is 1. The van der Waals surface area contributed by atoms with Crippen molar-refractivity contribution in [1.82, 2.24) is 4.98 Å². The minimum atomic E-state index is -0.943. The van der Waals surface area contributed by atoms with Crippen LogP contribution in [0.15, 0.2) is 53.0 Å². The van der Waals surface area contributed by atoms with Gasteiger partial charge in [0.1, 0.15) is 5.69 Å². The third-order valence-electron chi connectivity index (χ3n) is 3.03. The topological polar surface area (TPSA) is 53.1 Å². The highest BCUT2D eigenvalue weighted by molar-refractivity contribution is 9.10. The number of hydrogen-bond donors (Lipinski definition) is 2. The fourth-order valence-electron chi connectivity index (χ4n) is 2.07. The molecule has 0 fully saturated rings. The van der Waals surface area contributed by atoms with Gasteiger partial charge in [0.05, 0.1) is 0 Å². The van der Waals surface area contributed by atoms with Gasteiger partial charge >= 0.3 is 5.97 Å². The molecule has 0 aliphatic carbocycles. The summed E-state index contributed by atoms with van der Waals surface area (Å²) in [6, 6.07) is 15.5. The summed E-state index contributed by atoms with van der Waals surface area (Å²) in [5.74, 6) is -0.943. The summed E-state index contributed by atoms with van der Waals surface area (Å²) in [5, 5.41) is 9.87. The lowest BCUT2D eigenvalue weighted by atomic mass is 10.0. The standard InChI is InChI=1S/C15H10BrNO2/c16-12-4-1-9(2-5-12)10-3-6-13-11(7-10)8-14(17-13)15(18)19/h1-8,17H,(H,18,19). The fraction of sp³-hybridized carbons (Fsp3) is 0. The number of carboxylic acid groups (broad SMARTS) is 1. The summed E-state index contributed by atoms with van der Waals surface area (Å²) in [4.78, 5) is 13.8. The number of carboxylic acids is 1. The normalized spacial score (nSPS) is 10.8. The molecule has 0 amide bonds. The van der Waals surface area contributed by atoms with Crippen LogP contribution in [-0.4, -0.2) is 16.1 Å². The van der Waals surface area contributed by atoms with E-state index in [1.807, 2.05) is 42.5 Å². The number of H-pyrrole nitrogens is 1. The van der Waals surface area contributed by atoms with Gasteiger partial charge < -0.3 is 10.1 Å². The first-order valence-electron chi connectivity index (χ1n) is 5.75. The van der Waals surface area contributed by atoms with Crippen LogP contribution in [0.25, 0.3) is 22.0 Å². The third-order valence-corrected chi connectivity index (χ3v) is 3.56. The zero-order valence-electron chi connectivity index (χ0n) is 9.85. The lowest BCUT2D eigenvalue weighted by Gasteiger charge is -2.02. The van der Waals surface area contributed by atoms with E-state index in [1.165, 1.54) is 0 Å². The van der Waals surface area contributed by atoms with E-state index in [0.717, 1.165) is 26.5 Å². The van der Waals surface area contributed by atoms with Gasteiger partial charge in [0, 0.05) is 15.4 Å². The van der Waals surface area contributed by atoms with Gasteiger partial charge in [0.2, 0.25) is 0 Å². The second kappa shape index (κ2) is 4.55. The second-order valence-corrected chi connectivity index (χ2v) is 5.21. The quantitative estimate of drug-likeness (QED) is 0.741. The molecule has 0 saturated carbocycles. The fourth-order valence-corrected chi connectivity index (χ4v) is 2.33. The number of carbonyl (C=O) groups is 1. The minimum Gasteiger partial charge on any atom is -0.477 e. The predicted octanol–water partition coefficient (Wildman–Crippen LogP) is 4.30. The molecule has 0 saturated heterocycles. The first-order chi connectivity index (χ1) is 9.13. The van der Waals surface area contributed by atoms with Crippen molar-refractivity contribution in [2.45, 2.75) is 0 Å².